The van der Waals surface area contributed by atoms with E-state index in [1.165, 1.54) is 12.4 Å². The van der Waals surface area contributed by atoms with E-state index in [9.17, 15) is 9.59 Å². The summed E-state index contributed by atoms with van der Waals surface area (Å²) in [6, 6.07) is 12.5. The number of methoxy groups -OCH3 is 1. The molecule has 0 fully saturated rings. The molecular formula is C19H17N3O3. The molecule has 6 heteroatoms. The number of aromatic nitrogens is 2. The van der Waals surface area contributed by atoms with Crippen LogP contribution >= 0.6 is 0 Å². The zero-order valence-corrected chi connectivity index (χ0v) is 13.9. The van der Waals surface area contributed by atoms with Crippen LogP contribution in [-0.2, 0) is 4.79 Å². The van der Waals surface area contributed by atoms with Gasteiger partial charge in [0.1, 0.15) is 5.75 Å². The molecule has 0 radical (unpaired) electrons. The predicted octanol–water partition coefficient (Wildman–Crippen LogP) is 2.97. The van der Waals surface area contributed by atoms with Crippen LogP contribution in [0.3, 0.4) is 0 Å². The number of rotatable bonds is 4. The number of fused-ring (bicyclic) bond motifs is 1. The molecule has 2 N–H and O–H groups in total. The van der Waals surface area contributed by atoms with Crippen molar-refractivity contribution in [3.63, 3.8) is 0 Å². The van der Waals surface area contributed by atoms with E-state index >= 15 is 0 Å². The third-order valence-electron chi connectivity index (χ3n) is 3.80. The molecule has 2 aromatic carbocycles. The van der Waals surface area contributed by atoms with Gasteiger partial charge in [0.15, 0.2) is 0 Å². The summed E-state index contributed by atoms with van der Waals surface area (Å²) in [7, 11) is 1.61. The summed E-state index contributed by atoms with van der Waals surface area (Å²) in [5.41, 5.74) is 2.61. The first kappa shape index (κ1) is 16.4. The van der Waals surface area contributed by atoms with Crippen LogP contribution in [0.15, 0.2) is 59.7 Å². The molecule has 0 saturated carbocycles. The standard InChI is InChI=1S/C19H17N3O3/c1-12(13-3-6-15(25-2)7-4-13)9-18(23)22-14-5-8-17-16(10-14)19(24)21-11-20-17/h3-11H,1-2H3,(H,22,23)(H,20,21,24). The maximum Gasteiger partial charge on any atom is 0.258 e. The summed E-state index contributed by atoms with van der Waals surface area (Å²) in [6.45, 7) is 1.86. The van der Waals surface area contributed by atoms with Gasteiger partial charge in [-0.3, -0.25) is 9.59 Å². The SMILES string of the molecule is COc1ccc(C(C)=CC(=O)Nc2ccc3nc[nH]c(=O)c3c2)cc1. The minimum atomic E-state index is -0.270. The Morgan fingerprint density at radius 3 is 2.68 bits per heavy atom. The van der Waals surface area contributed by atoms with Gasteiger partial charge in [-0.2, -0.15) is 0 Å². The maximum atomic E-state index is 12.2. The molecule has 1 aromatic heterocycles. The monoisotopic (exact) mass is 335 g/mol. The number of H-pyrrole nitrogens is 1. The van der Waals surface area contributed by atoms with Gasteiger partial charge in [-0.15, -0.1) is 0 Å². The highest BCUT2D eigenvalue weighted by Gasteiger charge is 2.05. The summed E-state index contributed by atoms with van der Waals surface area (Å²) in [4.78, 5) is 30.6. The number of amides is 1. The molecule has 0 aliphatic carbocycles. The van der Waals surface area contributed by atoms with Crippen LogP contribution in [0.5, 0.6) is 5.75 Å². The number of nitrogens with one attached hydrogen (secondary N) is 2. The fourth-order valence-corrected chi connectivity index (χ4v) is 2.46. The summed E-state index contributed by atoms with van der Waals surface area (Å²) in [5, 5.41) is 3.19. The number of nitrogens with zero attached hydrogens (tertiary/aromatic N) is 1. The van der Waals surface area contributed by atoms with Gasteiger partial charge in [0, 0.05) is 11.8 Å². The van der Waals surface area contributed by atoms with Gasteiger partial charge in [-0.25, -0.2) is 4.98 Å². The second-order valence-electron chi connectivity index (χ2n) is 5.51. The summed E-state index contributed by atoms with van der Waals surface area (Å²) in [5.74, 6) is 0.490. The fourth-order valence-electron chi connectivity index (χ4n) is 2.46. The second-order valence-corrected chi connectivity index (χ2v) is 5.51. The van der Waals surface area contributed by atoms with Crippen molar-refractivity contribution in [2.75, 3.05) is 12.4 Å². The largest absolute Gasteiger partial charge is 0.497 e. The molecule has 25 heavy (non-hydrogen) atoms. The van der Waals surface area contributed by atoms with Gasteiger partial charge in [-0.05, 0) is 48.4 Å². The molecule has 3 rings (SSSR count). The Morgan fingerprint density at radius 2 is 1.96 bits per heavy atom. The van der Waals surface area contributed by atoms with E-state index in [4.69, 9.17) is 4.74 Å². The van der Waals surface area contributed by atoms with Crippen LogP contribution in [0, 0.1) is 0 Å². The second kappa shape index (κ2) is 7.00. The lowest BCUT2D eigenvalue weighted by Gasteiger charge is -2.06. The van der Waals surface area contributed by atoms with E-state index in [-0.39, 0.29) is 11.5 Å². The molecule has 6 nitrogen and oxygen atoms in total. The quantitative estimate of drug-likeness (QED) is 0.718. The zero-order valence-electron chi connectivity index (χ0n) is 13.9. The van der Waals surface area contributed by atoms with Crippen molar-refractivity contribution in [3.05, 3.63) is 70.8 Å². The van der Waals surface area contributed by atoms with Gasteiger partial charge < -0.3 is 15.0 Å². The van der Waals surface area contributed by atoms with Crippen molar-refractivity contribution < 1.29 is 9.53 Å². The molecule has 0 saturated heterocycles. The fraction of sp³-hybridized carbons (Fsp3) is 0.105. The number of hydrogen-bond acceptors (Lipinski definition) is 4. The molecule has 1 heterocycles. The number of ether oxygens (including phenoxy) is 1. The number of hydrogen-bond donors (Lipinski definition) is 2. The molecule has 0 atom stereocenters. The average Bonchev–Trinajstić information content (AvgIpc) is 2.62. The lowest BCUT2D eigenvalue weighted by Crippen LogP contribution is -2.10. The number of anilines is 1. The Labute approximate surface area is 144 Å². The molecule has 1 amide bonds. The minimum absolute atomic E-state index is 0.244. The zero-order chi connectivity index (χ0) is 17.8. The molecule has 0 unspecified atom stereocenters. The molecule has 0 aliphatic rings. The van der Waals surface area contributed by atoms with Crippen LogP contribution in [-0.4, -0.2) is 23.0 Å². The van der Waals surface area contributed by atoms with E-state index in [1.807, 2.05) is 31.2 Å². The molecule has 0 bridgehead atoms. The molecule has 126 valence electrons. The summed E-state index contributed by atoms with van der Waals surface area (Å²) in [6.07, 6.45) is 2.86. The third-order valence-corrected chi connectivity index (χ3v) is 3.80. The van der Waals surface area contributed by atoms with E-state index in [1.54, 1.807) is 25.3 Å². The normalized spacial score (nSPS) is 11.4. The molecule has 3 aromatic rings. The average molecular weight is 335 g/mol. The Hall–Kier alpha value is -3.41. The number of aromatic amines is 1. The van der Waals surface area contributed by atoms with Crippen LogP contribution in [0.4, 0.5) is 5.69 Å². The smallest absolute Gasteiger partial charge is 0.258 e. The first-order chi connectivity index (χ1) is 12.1. The summed E-state index contributed by atoms with van der Waals surface area (Å²) < 4.78 is 5.12. The Bertz CT molecular complexity index is 1000. The molecule has 0 aliphatic heterocycles. The lowest BCUT2D eigenvalue weighted by atomic mass is 10.1. The Kier molecular flexibility index (Phi) is 4.61. The Morgan fingerprint density at radius 1 is 1.20 bits per heavy atom. The molecule has 0 spiro atoms. The molecular weight excluding hydrogens is 318 g/mol. The number of carbonyl (C=O) groups excluding carboxylic acids is 1. The third kappa shape index (κ3) is 3.74. The van der Waals surface area contributed by atoms with E-state index in [0.717, 1.165) is 16.9 Å². The highest BCUT2D eigenvalue weighted by molar-refractivity contribution is 6.04. The first-order valence-corrected chi connectivity index (χ1v) is 7.68. The van der Waals surface area contributed by atoms with Crippen molar-refractivity contribution >= 4 is 28.1 Å². The minimum Gasteiger partial charge on any atom is -0.497 e. The van der Waals surface area contributed by atoms with Crippen LogP contribution < -0.4 is 15.6 Å². The van der Waals surface area contributed by atoms with Gasteiger partial charge in [0.05, 0.1) is 24.3 Å². The van der Waals surface area contributed by atoms with Crippen molar-refractivity contribution in [1.82, 2.24) is 9.97 Å². The summed E-state index contributed by atoms with van der Waals surface area (Å²) >= 11 is 0. The number of carbonyl (C=O) groups is 1. The van der Waals surface area contributed by atoms with E-state index < -0.39 is 0 Å². The first-order valence-electron chi connectivity index (χ1n) is 7.68. The van der Waals surface area contributed by atoms with E-state index in [0.29, 0.717) is 16.6 Å². The van der Waals surface area contributed by atoms with Gasteiger partial charge in [0.25, 0.3) is 5.56 Å². The lowest BCUT2D eigenvalue weighted by molar-refractivity contribution is -0.111. The van der Waals surface area contributed by atoms with Gasteiger partial charge in [-0.1, -0.05) is 12.1 Å². The van der Waals surface area contributed by atoms with Gasteiger partial charge in [0.2, 0.25) is 5.91 Å². The van der Waals surface area contributed by atoms with Crippen molar-refractivity contribution in [2.24, 2.45) is 0 Å². The topological polar surface area (TPSA) is 84.1 Å². The van der Waals surface area contributed by atoms with E-state index in [2.05, 4.69) is 15.3 Å². The van der Waals surface area contributed by atoms with Crippen LogP contribution in [0.1, 0.15) is 12.5 Å². The highest BCUT2D eigenvalue weighted by Crippen LogP contribution is 2.19. The number of allylic oxidation sites excluding steroid dienone is 1. The van der Waals surface area contributed by atoms with Gasteiger partial charge >= 0.3 is 0 Å². The maximum absolute atomic E-state index is 12.2. The van der Waals surface area contributed by atoms with Crippen LogP contribution in [0.25, 0.3) is 16.5 Å². The Balaban J connectivity index is 1.79. The number of benzene rings is 2. The van der Waals surface area contributed by atoms with Crippen LogP contribution in [0.2, 0.25) is 0 Å². The predicted molar refractivity (Wildman–Crippen MR) is 97.6 cm³/mol. The van der Waals surface area contributed by atoms with Crippen molar-refractivity contribution in [2.45, 2.75) is 6.92 Å². The van der Waals surface area contributed by atoms with Crippen molar-refractivity contribution in [1.29, 1.82) is 0 Å². The van der Waals surface area contributed by atoms with Crippen molar-refractivity contribution in [3.8, 4) is 5.75 Å². The highest BCUT2D eigenvalue weighted by atomic mass is 16.5.